The van der Waals surface area contributed by atoms with Crippen LogP contribution < -0.4 is 10.9 Å². The summed E-state index contributed by atoms with van der Waals surface area (Å²) in [5, 5.41) is 22.6. The van der Waals surface area contributed by atoms with Crippen LogP contribution in [0.2, 0.25) is 0 Å². The van der Waals surface area contributed by atoms with Gasteiger partial charge in [-0.1, -0.05) is 98.9 Å². The van der Waals surface area contributed by atoms with Gasteiger partial charge in [-0.25, -0.2) is 4.98 Å². The van der Waals surface area contributed by atoms with E-state index in [0.717, 1.165) is 62.5 Å². The Morgan fingerprint density at radius 3 is 2.40 bits per heavy atom. The van der Waals surface area contributed by atoms with Crippen LogP contribution in [0.4, 0.5) is 5.82 Å². The number of aliphatic hydroxyl groups is 1. The number of amides is 1. The van der Waals surface area contributed by atoms with E-state index in [-0.39, 0.29) is 30.0 Å². The Balaban J connectivity index is 1.42. The second-order valence-corrected chi connectivity index (χ2v) is 12.4. The van der Waals surface area contributed by atoms with Gasteiger partial charge in [-0.15, -0.1) is 0 Å². The summed E-state index contributed by atoms with van der Waals surface area (Å²) in [5.74, 6) is -0.669. The number of aryl methyl sites for hydroxylation is 1. The third-order valence-corrected chi connectivity index (χ3v) is 8.78. The molecule has 1 aromatic carbocycles. The van der Waals surface area contributed by atoms with E-state index in [1.807, 2.05) is 43.3 Å². The van der Waals surface area contributed by atoms with E-state index in [4.69, 9.17) is 22.3 Å². The Kier molecular flexibility index (Phi) is 11.9. The molecule has 1 unspecified atom stereocenters. The van der Waals surface area contributed by atoms with Gasteiger partial charge in [-0.3, -0.25) is 23.7 Å². The molecule has 3 N–H and O–H groups in total. The van der Waals surface area contributed by atoms with E-state index < -0.39 is 12.1 Å². The first kappa shape index (κ1) is 32.4. The number of anilines is 1. The molecule has 0 aliphatic carbocycles. The molecule has 1 aliphatic heterocycles. The summed E-state index contributed by atoms with van der Waals surface area (Å²) < 4.78 is 1.93. The molecule has 3 aromatic rings. The lowest BCUT2D eigenvalue weighted by atomic mass is 10.1. The van der Waals surface area contributed by atoms with Crippen molar-refractivity contribution in [3.05, 3.63) is 80.6 Å². The van der Waals surface area contributed by atoms with E-state index in [9.17, 15) is 19.5 Å². The first-order valence-corrected chi connectivity index (χ1v) is 15.9. The Morgan fingerprint density at radius 1 is 1.02 bits per heavy atom. The number of carboxylic acid groups (broad SMARTS) is 1. The minimum absolute atomic E-state index is 0.128. The number of hydrogen-bond acceptors (Lipinski definition) is 8. The summed E-state index contributed by atoms with van der Waals surface area (Å²) in [4.78, 5) is 44.3. The quantitative estimate of drug-likeness (QED) is 0.101. The number of carbonyl (C=O) groups excluding carboxylic acids is 1. The maximum absolute atomic E-state index is 13.6. The van der Waals surface area contributed by atoms with Gasteiger partial charge >= 0.3 is 5.97 Å². The standard InChI is InChI=1S/C32H38N4O5S2/c1-22-14-13-19-35-29(22)34-28(33-21-25(37)23-15-9-8-10-16-23)24(30(35)40)20-26-31(41)36(32(42)43-26)18-12-7-5-3-2-4-6-11-17-27(38)39/h8-10,13-16,19-20,25,33,37H,2-7,11-12,17-18,21H2,1H3,(H,38,39)/b26-20+. The zero-order chi connectivity index (χ0) is 30.8. The highest BCUT2D eigenvalue weighted by atomic mass is 32.2. The Bertz CT molecular complexity index is 1540. The van der Waals surface area contributed by atoms with Gasteiger partial charge < -0.3 is 15.5 Å². The number of benzene rings is 1. The molecular formula is C32H38N4O5S2. The third-order valence-electron chi connectivity index (χ3n) is 7.40. The van der Waals surface area contributed by atoms with Crippen molar-refractivity contribution >= 4 is 57.7 Å². The van der Waals surface area contributed by atoms with Crippen molar-refractivity contribution in [3.63, 3.8) is 0 Å². The normalized spacial score (nSPS) is 15.0. The van der Waals surface area contributed by atoms with Crippen molar-refractivity contribution in [3.8, 4) is 0 Å². The van der Waals surface area contributed by atoms with Crippen LogP contribution in [-0.2, 0) is 9.59 Å². The van der Waals surface area contributed by atoms with E-state index >= 15 is 0 Å². The van der Waals surface area contributed by atoms with E-state index in [1.54, 1.807) is 23.2 Å². The monoisotopic (exact) mass is 622 g/mol. The molecule has 2 aromatic heterocycles. The van der Waals surface area contributed by atoms with Crippen molar-refractivity contribution < 1.29 is 19.8 Å². The number of unbranched alkanes of at least 4 members (excludes halogenated alkanes) is 7. The number of hydrogen-bond donors (Lipinski definition) is 3. The minimum atomic E-state index is -0.818. The number of carbonyl (C=O) groups is 2. The first-order chi connectivity index (χ1) is 20.8. The van der Waals surface area contributed by atoms with E-state index in [0.29, 0.717) is 27.2 Å². The molecule has 1 fully saturated rings. The SMILES string of the molecule is Cc1cccn2c(=O)c(/C=C3/SC(=S)N(CCCCCCCCCCC(=O)O)C3=O)c(NCC(O)c3ccccc3)nc12. The highest BCUT2D eigenvalue weighted by Crippen LogP contribution is 2.33. The zero-order valence-electron chi connectivity index (χ0n) is 24.3. The second kappa shape index (κ2) is 15.8. The maximum atomic E-state index is 13.6. The van der Waals surface area contributed by atoms with Crippen LogP contribution in [0.1, 0.15) is 80.6 Å². The summed E-state index contributed by atoms with van der Waals surface area (Å²) in [6.07, 6.45) is 10.3. The smallest absolute Gasteiger partial charge is 0.303 e. The number of aromatic nitrogens is 2. The average Bonchev–Trinajstić information content (AvgIpc) is 3.26. The molecule has 0 spiro atoms. The molecule has 1 saturated heterocycles. The van der Waals surface area contributed by atoms with Crippen LogP contribution in [0.25, 0.3) is 11.7 Å². The number of nitrogens with one attached hydrogen (secondary N) is 1. The summed E-state index contributed by atoms with van der Waals surface area (Å²) in [6, 6.07) is 12.9. The van der Waals surface area contributed by atoms with E-state index in [1.165, 1.54) is 16.2 Å². The molecule has 4 rings (SSSR count). The molecule has 0 radical (unpaired) electrons. The van der Waals surface area contributed by atoms with Crippen LogP contribution >= 0.6 is 24.0 Å². The average molecular weight is 623 g/mol. The zero-order valence-corrected chi connectivity index (χ0v) is 26.0. The van der Waals surface area contributed by atoms with Crippen LogP contribution in [0, 0.1) is 6.92 Å². The number of thiocarbonyl (C=S) groups is 1. The molecule has 11 heteroatoms. The van der Waals surface area contributed by atoms with Gasteiger partial charge in [0.25, 0.3) is 11.5 Å². The van der Waals surface area contributed by atoms with Crippen LogP contribution in [0.5, 0.6) is 0 Å². The van der Waals surface area contributed by atoms with Crippen molar-refractivity contribution in [1.29, 1.82) is 0 Å². The summed E-state index contributed by atoms with van der Waals surface area (Å²) >= 11 is 6.71. The number of nitrogens with zero attached hydrogens (tertiary/aromatic N) is 3. The molecule has 1 atom stereocenters. The number of fused-ring (bicyclic) bond motifs is 1. The molecule has 9 nitrogen and oxygen atoms in total. The summed E-state index contributed by atoms with van der Waals surface area (Å²) in [5.41, 5.74) is 1.96. The van der Waals surface area contributed by atoms with Gasteiger partial charge in [-0.2, -0.15) is 0 Å². The largest absolute Gasteiger partial charge is 0.481 e. The Hall–Kier alpha value is -3.54. The predicted octanol–water partition coefficient (Wildman–Crippen LogP) is 5.95. The number of thioether (sulfide) groups is 1. The Labute approximate surface area is 261 Å². The molecule has 228 valence electrons. The first-order valence-electron chi connectivity index (χ1n) is 14.7. The van der Waals surface area contributed by atoms with Gasteiger partial charge in [0, 0.05) is 25.7 Å². The van der Waals surface area contributed by atoms with Crippen molar-refractivity contribution in [2.45, 2.75) is 70.8 Å². The maximum Gasteiger partial charge on any atom is 0.303 e. The number of pyridine rings is 1. The second-order valence-electron chi connectivity index (χ2n) is 10.7. The molecule has 1 amide bonds. The highest BCUT2D eigenvalue weighted by molar-refractivity contribution is 8.26. The van der Waals surface area contributed by atoms with Gasteiger partial charge in [-0.05, 0) is 43.0 Å². The fraction of sp³-hybridized carbons (Fsp3) is 0.406. The Morgan fingerprint density at radius 2 is 1.70 bits per heavy atom. The van der Waals surface area contributed by atoms with Gasteiger partial charge in [0.1, 0.15) is 15.8 Å². The highest BCUT2D eigenvalue weighted by Gasteiger charge is 2.32. The third kappa shape index (κ3) is 8.75. The van der Waals surface area contributed by atoms with Gasteiger partial charge in [0.15, 0.2) is 0 Å². The van der Waals surface area contributed by atoms with Crippen LogP contribution in [0.3, 0.4) is 0 Å². The van der Waals surface area contributed by atoms with E-state index in [2.05, 4.69) is 5.32 Å². The summed E-state index contributed by atoms with van der Waals surface area (Å²) in [7, 11) is 0. The predicted molar refractivity (Wildman–Crippen MR) is 175 cm³/mol. The fourth-order valence-electron chi connectivity index (χ4n) is 4.99. The van der Waals surface area contributed by atoms with Crippen LogP contribution in [-0.4, -0.2) is 53.8 Å². The fourth-order valence-corrected chi connectivity index (χ4v) is 6.28. The topological polar surface area (TPSA) is 124 Å². The van der Waals surface area contributed by atoms with Crippen molar-refractivity contribution in [2.24, 2.45) is 0 Å². The lowest BCUT2D eigenvalue weighted by molar-refractivity contribution is -0.137. The molecule has 3 heterocycles. The van der Waals surface area contributed by atoms with Crippen molar-refractivity contribution in [1.82, 2.24) is 14.3 Å². The lowest BCUT2D eigenvalue weighted by Crippen LogP contribution is -2.29. The lowest BCUT2D eigenvalue weighted by Gasteiger charge is -2.16. The molecule has 0 saturated carbocycles. The number of carboxylic acids is 1. The number of aliphatic hydroxyl groups excluding tert-OH is 1. The molecule has 0 bridgehead atoms. The minimum Gasteiger partial charge on any atom is -0.481 e. The number of rotatable bonds is 16. The van der Waals surface area contributed by atoms with Crippen molar-refractivity contribution in [2.75, 3.05) is 18.4 Å². The molecular weight excluding hydrogens is 585 g/mol. The molecule has 43 heavy (non-hydrogen) atoms. The molecule has 1 aliphatic rings. The number of aliphatic carboxylic acids is 1. The van der Waals surface area contributed by atoms with Gasteiger partial charge in [0.2, 0.25) is 0 Å². The summed E-state index contributed by atoms with van der Waals surface area (Å²) in [6.45, 7) is 2.52. The van der Waals surface area contributed by atoms with Gasteiger partial charge in [0.05, 0.1) is 16.6 Å². The van der Waals surface area contributed by atoms with Crippen LogP contribution in [0.15, 0.2) is 58.4 Å².